The molecule has 5 nitrogen and oxygen atoms in total. The van der Waals surface area contributed by atoms with Crippen LogP contribution in [-0.2, 0) is 21.0 Å². The number of carboxylic acid groups (broad SMARTS) is 1. The van der Waals surface area contributed by atoms with E-state index in [0.717, 1.165) is 12.1 Å². The molecular weight excluding hydrogens is 395 g/mol. The first-order valence-corrected chi connectivity index (χ1v) is 9.01. The van der Waals surface area contributed by atoms with Gasteiger partial charge in [0.2, 0.25) is 0 Å². The van der Waals surface area contributed by atoms with Crippen LogP contribution < -0.4 is 4.31 Å². The molecule has 26 heavy (non-hydrogen) atoms. The minimum atomic E-state index is -4.71. The van der Waals surface area contributed by atoms with Gasteiger partial charge in [-0.3, -0.25) is 9.10 Å². The highest BCUT2D eigenvalue weighted by Crippen LogP contribution is 2.37. The first kappa shape index (κ1) is 20.1. The van der Waals surface area contributed by atoms with Crippen LogP contribution >= 0.6 is 11.6 Å². The Balaban J connectivity index is 2.61. The summed E-state index contributed by atoms with van der Waals surface area (Å²) in [6, 6.07) is 9.19. The molecule has 0 unspecified atom stereocenters. The van der Waals surface area contributed by atoms with Gasteiger partial charge in [0, 0.05) is 6.54 Å². The molecule has 0 heterocycles. The Hall–Kier alpha value is -2.26. The molecule has 140 valence electrons. The van der Waals surface area contributed by atoms with E-state index in [-0.39, 0.29) is 9.92 Å². The van der Waals surface area contributed by atoms with Gasteiger partial charge in [-0.2, -0.15) is 13.2 Å². The second-order valence-electron chi connectivity index (χ2n) is 5.20. The third-order valence-electron chi connectivity index (χ3n) is 3.40. The van der Waals surface area contributed by atoms with E-state index in [1.54, 1.807) is 6.07 Å². The fourth-order valence-electron chi connectivity index (χ4n) is 2.17. The molecule has 2 rings (SSSR count). The highest BCUT2D eigenvalue weighted by Gasteiger charge is 2.33. The summed E-state index contributed by atoms with van der Waals surface area (Å²) in [7, 11) is -4.32. The van der Waals surface area contributed by atoms with Crippen LogP contribution in [0.15, 0.2) is 53.4 Å². The van der Waals surface area contributed by atoms with Gasteiger partial charge in [-0.1, -0.05) is 29.8 Å². The second kappa shape index (κ2) is 7.55. The number of benzene rings is 2. The number of carbonyl (C=O) groups is 1. The van der Waals surface area contributed by atoms with Gasteiger partial charge < -0.3 is 5.11 Å². The summed E-state index contributed by atoms with van der Waals surface area (Å²) in [4.78, 5) is 10.7. The number of anilines is 1. The molecule has 0 spiro atoms. The molecule has 0 bridgehead atoms. The summed E-state index contributed by atoms with van der Waals surface area (Å²) in [5, 5.41) is 8.62. The lowest BCUT2D eigenvalue weighted by molar-refractivity contribution is -0.138. The van der Waals surface area contributed by atoms with E-state index in [1.807, 2.05) is 0 Å². The van der Waals surface area contributed by atoms with Crippen molar-refractivity contribution in [3.8, 4) is 0 Å². The minimum absolute atomic E-state index is 0.195. The van der Waals surface area contributed by atoms with Crippen molar-refractivity contribution >= 4 is 33.3 Å². The molecule has 10 heteroatoms. The average molecular weight is 408 g/mol. The van der Waals surface area contributed by atoms with Crippen molar-refractivity contribution in [2.75, 3.05) is 10.8 Å². The monoisotopic (exact) mass is 407 g/mol. The topological polar surface area (TPSA) is 74.7 Å². The molecule has 0 aliphatic heterocycles. The van der Waals surface area contributed by atoms with Gasteiger partial charge in [0.25, 0.3) is 10.0 Å². The van der Waals surface area contributed by atoms with Crippen LogP contribution in [0.4, 0.5) is 18.9 Å². The van der Waals surface area contributed by atoms with E-state index in [2.05, 4.69) is 0 Å². The molecule has 0 saturated heterocycles. The van der Waals surface area contributed by atoms with Crippen LogP contribution in [0, 0.1) is 0 Å². The fourth-order valence-corrected chi connectivity index (χ4v) is 3.93. The van der Waals surface area contributed by atoms with E-state index in [9.17, 15) is 26.4 Å². The van der Waals surface area contributed by atoms with E-state index < -0.39 is 46.4 Å². The quantitative estimate of drug-likeness (QED) is 0.784. The molecule has 0 aromatic heterocycles. The van der Waals surface area contributed by atoms with E-state index >= 15 is 0 Å². The molecular formula is C16H13ClF3NO4S. The van der Waals surface area contributed by atoms with Crippen LogP contribution in [0.5, 0.6) is 0 Å². The smallest absolute Gasteiger partial charge is 0.416 e. The Kier molecular flexibility index (Phi) is 5.82. The second-order valence-corrected chi connectivity index (χ2v) is 7.47. The average Bonchev–Trinajstić information content (AvgIpc) is 2.56. The zero-order valence-corrected chi connectivity index (χ0v) is 14.6. The van der Waals surface area contributed by atoms with Crippen LogP contribution in [0.1, 0.15) is 12.0 Å². The van der Waals surface area contributed by atoms with Crippen molar-refractivity contribution in [3.05, 3.63) is 59.1 Å². The van der Waals surface area contributed by atoms with E-state index in [1.165, 1.54) is 24.3 Å². The molecule has 0 atom stereocenters. The highest BCUT2D eigenvalue weighted by atomic mass is 35.5. The zero-order valence-electron chi connectivity index (χ0n) is 13.1. The van der Waals surface area contributed by atoms with Gasteiger partial charge in [0.05, 0.1) is 27.6 Å². The number of rotatable bonds is 6. The number of aliphatic carboxylic acids is 1. The Morgan fingerprint density at radius 1 is 1.12 bits per heavy atom. The van der Waals surface area contributed by atoms with E-state index in [4.69, 9.17) is 16.7 Å². The Morgan fingerprint density at radius 3 is 2.27 bits per heavy atom. The maximum atomic E-state index is 13.0. The van der Waals surface area contributed by atoms with Gasteiger partial charge in [-0.05, 0) is 30.3 Å². The van der Waals surface area contributed by atoms with Crippen molar-refractivity contribution in [1.82, 2.24) is 0 Å². The molecule has 2 aromatic rings. The number of hydrogen-bond donors (Lipinski definition) is 1. The summed E-state index contributed by atoms with van der Waals surface area (Å²) in [5.41, 5.74) is -1.54. The van der Waals surface area contributed by atoms with Crippen molar-refractivity contribution in [3.63, 3.8) is 0 Å². The number of hydrogen-bond acceptors (Lipinski definition) is 3. The van der Waals surface area contributed by atoms with Crippen molar-refractivity contribution < 1.29 is 31.5 Å². The van der Waals surface area contributed by atoms with Crippen LogP contribution in [0.25, 0.3) is 0 Å². The molecule has 0 amide bonds. The third-order valence-corrected chi connectivity index (χ3v) is 5.55. The fraction of sp³-hybridized carbons (Fsp3) is 0.188. The lowest BCUT2D eigenvalue weighted by atomic mass is 10.2. The highest BCUT2D eigenvalue weighted by molar-refractivity contribution is 7.92. The largest absolute Gasteiger partial charge is 0.481 e. The third kappa shape index (κ3) is 4.47. The number of sulfonamides is 1. The molecule has 0 radical (unpaired) electrons. The van der Waals surface area contributed by atoms with Crippen molar-refractivity contribution in [1.29, 1.82) is 0 Å². The van der Waals surface area contributed by atoms with Crippen molar-refractivity contribution in [2.24, 2.45) is 0 Å². The summed E-state index contributed by atoms with van der Waals surface area (Å²) in [6.45, 7) is -0.576. The number of nitrogens with zero attached hydrogens (tertiary/aromatic N) is 1. The van der Waals surface area contributed by atoms with Crippen molar-refractivity contribution in [2.45, 2.75) is 17.5 Å². The molecule has 2 aromatic carbocycles. The lowest BCUT2D eigenvalue weighted by Gasteiger charge is -2.25. The standard InChI is InChI=1S/C16H13ClF3NO4S/c17-13-7-6-11(16(18,19)20)10-14(13)21(9-8-15(22)23)26(24,25)12-4-2-1-3-5-12/h1-7,10H,8-9H2,(H,22,23). The van der Waals surface area contributed by atoms with Gasteiger partial charge in [-0.25, -0.2) is 8.42 Å². The Labute approximate surface area is 152 Å². The van der Waals surface area contributed by atoms with Gasteiger partial charge >= 0.3 is 12.1 Å². The normalized spacial score (nSPS) is 12.0. The summed E-state index contributed by atoms with van der Waals surface area (Å²) in [5.74, 6) is -1.30. The molecule has 0 aliphatic carbocycles. The number of halogens is 4. The molecule has 0 saturated carbocycles. The Morgan fingerprint density at radius 2 is 1.73 bits per heavy atom. The SMILES string of the molecule is O=C(O)CCN(c1cc(C(F)(F)F)ccc1Cl)S(=O)(=O)c1ccccc1. The number of alkyl halides is 3. The maximum Gasteiger partial charge on any atom is 0.416 e. The maximum absolute atomic E-state index is 13.0. The van der Waals surface area contributed by atoms with Crippen LogP contribution in [-0.4, -0.2) is 26.0 Å². The first-order chi connectivity index (χ1) is 12.0. The van der Waals surface area contributed by atoms with Gasteiger partial charge in [0.1, 0.15) is 0 Å². The lowest BCUT2D eigenvalue weighted by Crippen LogP contribution is -2.33. The molecule has 0 aliphatic rings. The Bertz CT molecular complexity index is 901. The van der Waals surface area contributed by atoms with Crippen LogP contribution in [0.3, 0.4) is 0 Å². The van der Waals surface area contributed by atoms with Gasteiger partial charge in [0.15, 0.2) is 0 Å². The molecule has 1 N–H and O–H groups in total. The predicted octanol–water partition coefficient (Wildman–Crippen LogP) is 4.03. The van der Waals surface area contributed by atoms with Gasteiger partial charge in [-0.15, -0.1) is 0 Å². The summed E-state index contributed by atoms with van der Waals surface area (Å²) < 4.78 is 65.3. The summed E-state index contributed by atoms with van der Waals surface area (Å²) in [6.07, 6.45) is -5.33. The zero-order chi connectivity index (χ0) is 19.5. The van der Waals surface area contributed by atoms with Crippen LogP contribution in [0.2, 0.25) is 5.02 Å². The summed E-state index contributed by atoms with van der Waals surface area (Å²) >= 11 is 5.93. The predicted molar refractivity (Wildman–Crippen MR) is 89.7 cm³/mol. The minimum Gasteiger partial charge on any atom is -0.481 e. The van der Waals surface area contributed by atoms with E-state index in [0.29, 0.717) is 10.4 Å². The molecule has 0 fully saturated rings. The first-order valence-electron chi connectivity index (χ1n) is 7.20. The number of carboxylic acids is 1.